The first-order valence-corrected chi connectivity index (χ1v) is 5.44. The second-order valence-corrected chi connectivity index (χ2v) is 4.33. The van der Waals surface area contributed by atoms with Gasteiger partial charge in [-0.25, -0.2) is 8.78 Å². The van der Waals surface area contributed by atoms with Gasteiger partial charge >= 0.3 is 0 Å². The van der Waals surface area contributed by atoms with Crippen LogP contribution in [0, 0.1) is 18.6 Å². The highest BCUT2D eigenvalue weighted by Crippen LogP contribution is 2.23. The molecule has 0 fully saturated rings. The Balaban J connectivity index is 3.26. The second-order valence-electron chi connectivity index (χ2n) is 4.33. The van der Waals surface area contributed by atoms with Gasteiger partial charge in [-0.2, -0.15) is 0 Å². The number of carbonyl (C=O) groups excluding carboxylic acids is 1. The second kappa shape index (κ2) is 4.92. The number of rotatable bonds is 4. The topological polar surface area (TPSA) is 26.3 Å². The number of hydrogen-bond acceptors (Lipinski definition) is 2. The van der Waals surface area contributed by atoms with E-state index < -0.39 is 28.6 Å². The zero-order valence-electron chi connectivity index (χ0n) is 10.4. The summed E-state index contributed by atoms with van der Waals surface area (Å²) in [5.74, 6) is -2.35. The van der Waals surface area contributed by atoms with Gasteiger partial charge in [-0.1, -0.05) is 6.07 Å². The van der Waals surface area contributed by atoms with Crippen LogP contribution in [0.3, 0.4) is 0 Å². The van der Waals surface area contributed by atoms with Crippen LogP contribution in [0.4, 0.5) is 8.78 Å². The molecule has 4 heteroatoms. The van der Waals surface area contributed by atoms with Gasteiger partial charge in [-0.15, -0.1) is 0 Å². The van der Waals surface area contributed by atoms with Crippen molar-refractivity contribution in [3.63, 3.8) is 0 Å². The zero-order valence-corrected chi connectivity index (χ0v) is 10.4. The maximum Gasteiger partial charge on any atom is 0.199 e. The summed E-state index contributed by atoms with van der Waals surface area (Å²) in [5, 5.41) is 0. The number of ketones is 1. The molecule has 1 aromatic carbocycles. The predicted octanol–water partition coefficient (Wildman–Crippen LogP) is 3.27. The molecule has 0 saturated heterocycles. The minimum Gasteiger partial charge on any atom is -0.368 e. The van der Waals surface area contributed by atoms with Gasteiger partial charge in [-0.3, -0.25) is 4.79 Å². The van der Waals surface area contributed by atoms with Crippen molar-refractivity contribution in [3.8, 4) is 0 Å². The molecule has 94 valence electrons. The van der Waals surface area contributed by atoms with Crippen LogP contribution in [0.15, 0.2) is 12.1 Å². The van der Waals surface area contributed by atoms with Crippen LogP contribution in [0.25, 0.3) is 0 Å². The molecular formula is C13H16F2O2. The molecule has 1 rings (SSSR count). The normalized spacial score (nSPS) is 11.6. The highest BCUT2D eigenvalue weighted by atomic mass is 19.1. The number of halogens is 2. The first kappa shape index (κ1) is 13.8. The molecule has 0 aliphatic carbocycles. The lowest BCUT2D eigenvalue weighted by atomic mass is 9.94. The van der Waals surface area contributed by atoms with E-state index in [9.17, 15) is 13.6 Å². The highest BCUT2D eigenvalue weighted by molar-refractivity contribution is 6.02. The predicted molar refractivity (Wildman–Crippen MR) is 61.1 cm³/mol. The number of benzene rings is 1. The summed E-state index contributed by atoms with van der Waals surface area (Å²) in [5.41, 5.74) is -1.52. The smallest absolute Gasteiger partial charge is 0.199 e. The van der Waals surface area contributed by atoms with Crippen molar-refractivity contribution in [1.29, 1.82) is 0 Å². The summed E-state index contributed by atoms with van der Waals surface area (Å²) < 4.78 is 32.5. The minimum absolute atomic E-state index is 0.238. The van der Waals surface area contributed by atoms with Crippen LogP contribution in [0.2, 0.25) is 0 Å². The standard InChI is InChI=1S/C13H16F2O2/c1-5-17-13(3,4)12(16)10-9(14)7-6-8(2)11(10)15/h6-7H,5H2,1-4H3. The molecular weight excluding hydrogens is 226 g/mol. The Morgan fingerprint density at radius 1 is 1.35 bits per heavy atom. The van der Waals surface area contributed by atoms with E-state index in [1.165, 1.54) is 26.8 Å². The molecule has 0 amide bonds. The Morgan fingerprint density at radius 3 is 2.47 bits per heavy atom. The molecule has 2 nitrogen and oxygen atoms in total. The Bertz CT molecular complexity index is 439. The number of hydrogen-bond donors (Lipinski definition) is 0. The Labute approximate surface area is 99.6 Å². The molecule has 0 spiro atoms. The van der Waals surface area contributed by atoms with E-state index in [1.54, 1.807) is 6.92 Å². The number of Topliss-reactive ketones (excluding diaryl/α,β-unsaturated/α-hetero) is 1. The molecule has 0 heterocycles. The van der Waals surface area contributed by atoms with Crippen molar-refractivity contribution >= 4 is 5.78 Å². The minimum atomic E-state index is -1.23. The third kappa shape index (κ3) is 2.69. The van der Waals surface area contributed by atoms with Gasteiger partial charge in [0, 0.05) is 6.61 Å². The molecule has 17 heavy (non-hydrogen) atoms. The van der Waals surface area contributed by atoms with E-state index in [4.69, 9.17) is 4.74 Å². The number of aryl methyl sites for hydroxylation is 1. The van der Waals surface area contributed by atoms with Crippen molar-refractivity contribution < 1.29 is 18.3 Å². The molecule has 0 aliphatic rings. The molecule has 0 saturated carbocycles. The fourth-order valence-electron chi connectivity index (χ4n) is 1.59. The van der Waals surface area contributed by atoms with Gasteiger partial charge in [0.1, 0.15) is 17.2 Å². The molecule has 0 aliphatic heterocycles. The average molecular weight is 242 g/mol. The van der Waals surface area contributed by atoms with Crippen LogP contribution in [0.5, 0.6) is 0 Å². The average Bonchev–Trinajstić information content (AvgIpc) is 2.24. The third-order valence-corrected chi connectivity index (χ3v) is 2.56. The zero-order chi connectivity index (χ0) is 13.2. The van der Waals surface area contributed by atoms with Crippen molar-refractivity contribution in [2.75, 3.05) is 6.61 Å². The molecule has 0 N–H and O–H groups in total. The summed E-state index contributed by atoms with van der Waals surface area (Å²) >= 11 is 0. The van der Waals surface area contributed by atoms with Crippen LogP contribution >= 0.6 is 0 Å². The molecule has 0 atom stereocenters. The lowest BCUT2D eigenvalue weighted by molar-refractivity contribution is 0.000615. The first-order valence-electron chi connectivity index (χ1n) is 5.44. The third-order valence-electron chi connectivity index (χ3n) is 2.56. The van der Waals surface area contributed by atoms with E-state index in [0.717, 1.165) is 6.07 Å². The van der Waals surface area contributed by atoms with Crippen molar-refractivity contribution in [2.24, 2.45) is 0 Å². The summed E-state index contributed by atoms with van der Waals surface area (Å²) in [6.07, 6.45) is 0. The molecule has 0 radical (unpaired) electrons. The van der Waals surface area contributed by atoms with Gasteiger partial charge in [0.05, 0.1) is 5.56 Å². The van der Waals surface area contributed by atoms with Crippen molar-refractivity contribution in [2.45, 2.75) is 33.3 Å². The number of carbonyl (C=O) groups is 1. The van der Waals surface area contributed by atoms with E-state index in [-0.39, 0.29) is 5.56 Å². The van der Waals surface area contributed by atoms with Crippen LogP contribution < -0.4 is 0 Å². The first-order chi connectivity index (χ1) is 7.81. The van der Waals surface area contributed by atoms with Crippen LogP contribution in [-0.4, -0.2) is 18.0 Å². The van der Waals surface area contributed by atoms with Gasteiger partial charge in [-0.05, 0) is 39.3 Å². The number of ether oxygens (including phenoxy) is 1. The SMILES string of the molecule is CCOC(C)(C)C(=O)c1c(F)ccc(C)c1F. The van der Waals surface area contributed by atoms with E-state index in [1.807, 2.05) is 0 Å². The van der Waals surface area contributed by atoms with Crippen LogP contribution in [-0.2, 0) is 4.74 Å². The Kier molecular flexibility index (Phi) is 3.98. The van der Waals surface area contributed by atoms with Gasteiger partial charge in [0.15, 0.2) is 5.78 Å². The maximum absolute atomic E-state index is 13.8. The summed E-state index contributed by atoms with van der Waals surface area (Å²) in [6.45, 7) is 6.51. The largest absolute Gasteiger partial charge is 0.368 e. The molecule has 0 aromatic heterocycles. The summed E-state index contributed by atoms with van der Waals surface area (Å²) in [6, 6.07) is 2.39. The Hall–Kier alpha value is -1.29. The monoisotopic (exact) mass is 242 g/mol. The van der Waals surface area contributed by atoms with Gasteiger partial charge in [0.25, 0.3) is 0 Å². The van der Waals surface area contributed by atoms with Crippen LogP contribution in [0.1, 0.15) is 36.7 Å². The van der Waals surface area contributed by atoms with Gasteiger partial charge in [0.2, 0.25) is 0 Å². The quantitative estimate of drug-likeness (QED) is 0.757. The van der Waals surface area contributed by atoms with E-state index >= 15 is 0 Å². The lowest BCUT2D eigenvalue weighted by Crippen LogP contribution is -2.36. The summed E-state index contributed by atoms with van der Waals surface area (Å²) in [7, 11) is 0. The van der Waals surface area contributed by atoms with Crippen molar-refractivity contribution in [3.05, 3.63) is 34.9 Å². The fraction of sp³-hybridized carbons (Fsp3) is 0.462. The molecule has 0 unspecified atom stereocenters. The Morgan fingerprint density at radius 2 is 1.94 bits per heavy atom. The molecule has 0 bridgehead atoms. The highest BCUT2D eigenvalue weighted by Gasteiger charge is 2.33. The molecule has 1 aromatic rings. The maximum atomic E-state index is 13.8. The summed E-state index contributed by atoms with van der Waals surface area (Å²) in [4.78, 5) is 12.0. The fourth-order valence-corrected chi connectivity index (χ4v) is 1.59. The van der Waals surface area contributed by atoms with E-state index in [2.05, 4.69) is 0 Å². The van der Waals surface area contributed by atoms with Crippen molar-refractivity contribution in [1.82, 2.24) is 0 Å². The van der Waals surface area contributed by atoms with Gasteiger partial charge < -0.3 is 4.74 Å². The van der Waals surface area contributed by atoms with E-state index in [0.29, 0.717) is 6.61 Å². The lowest BCUT2D eigenvalue weighted by Gasteiger charge is -2.23.